The highest BCUT2D eigenvalue weighted by Gasteiger charge is 2.26. The number of thiophene rings is 1. The van der Waals surface area contributed by atoms with E-state index >= 15 is 0 Å². The van der Waals surface area contributed by atoms with E-state index in [0.29, 0.717) is 19.5 Å². The molecule has 18 heavy (non-hydrogen) atoms. The third kappa shape index (κ3) is 3.23. The molecule has 1 aromatic heterocycles. The summed E-state index contributed by atoms with van der Waals surface area (Å²) in [7, 11) is 0. The summed E-state index contributed by atoms with van der Waals surface area (Å²) in [5.41, 5.74) is 0. The van der Waals surface area contributed by atoms with E-state index in [9.17, 15) is 9.59 Å². The number of rotatable bonds is 3. The van der Waals surface area contributed by atoms with Gasteiger partial charge in [0, 0.05) is 24.4 Å². The molecule has 1 aliphatic heterocycles. The second-order valence-electron chi connectivity index (χ2n) is 4.32. The molecule has 0 bridgehead atoms. The van der Waals surface area contributed by atoms with E-state index in [1.54, 1.807) is 11.8 Å². The standard InChI is InChI=1S/C12H15ClN2O2S/c1-8-12(17)15(7-5-11(16)14-8)6-4-9-2-3-10(13)18-9/h2-3,8H,4-7H2,1H3,(H,14,16). The second kappa shape index (κ2) is 5.71. The topological polar surface area (TPSA) is 49.4 Å². The third-order valence-electron chi connectivity index (χ3n) is 2.93. The zero-order valence-electron chi connectivity index (χ0n) is 10.1. The molecule has 4 nitrogen and oxygen atoms in total. The Balaban J connectivity index is 1.95. The van der Waals surface area contributed by atoms with Crippen molar-refractivity contribution >= 4 is 34.8 Å². The summed E-state index contributed by atoms with van der Waals surface area (Å²) in [4.78, 5) is 26.3. The zero-order valence-corrected chi connectivity index (χ0v) is 11.7. The second-order valence-corrected chi connectivity index (χ2v) is 6.12. The highest BCUT2D eigenvalue weighted by Crippen LogP contribution is 2.22. The number of halogens is 1. The van der Waals surface area contributed by atoms with Gasteiger partial charge in [0.15, 0.2) is 0 Å². The Morgan fingerprint density at radius 1 is 1.50 bits per heavy atom. The first-order chi connectivity index (χ1) is 8.56. The number of amides is 2. The van der Waals surface area contributed by atoms with Crippen LogP contribution in [0.25, 0.3) is 0 Å². The smallest absolute Gasteiger partial charge is 0.244 e. The number of hydrogen-bond donors (Lipinski definition) is 1. The first kappa shape index (κ1) is 13.4. The minimum Gasteiger partial charge on any atom is -0.345 e. The maximum atomic E-state index is 12.0. The number of nitrogens with zero attached hydrogens (tertiary/aromatic N) is 1. The molecule has 1 aliphatic rings. The molecular formula is C12H15ClN2O2S. The minimum absolute atomic E-state index is 0.0106. The van der Waals surface area contributed by atoms with E-state index in [1.165, 1.54) is 11.3 Å². The van der Waals surface area contributed by atoms with Gasteiger partial charge in [0.25, 0.3) is 0 Å². The predicted octanol–water partition coefficient (Wildman–Crippen LogP) is 1.68. The average molecular weight is 287 g/mol. The van der Waals surface area contributed by atoms with Gasteiger partial charge in [0.1, 0.15) is 6.04 Å². The average Bonchev–Trinajstić information content (AvgIpc) is 2.69. The number of hydrogen-bond acceptors (Lipinski definition) is 3. The van der Waals surface area contributed by atoms with Crippen molar-refractivity contribution in [1.29, 1.82) is 0 Å². The van der Waals surface area contributed by atoms with Crippen molar-refractivity contribution in [2.24, 2.45) is 0 Å². The summed E-state index contributed by atoms with van der Waals surface area (Å²) in [6.45, 7) is 2.85. The summed E-state index contributed by atoms with van der Waals surface area (Å²) in [6, 6.07) is 3.41. The van der Waals surface area contributed by atoms with Crippen LogP contribution in [0.5, 0.6) is 0 Å². The molecule has 2 amide bonds. The van der Waals surface area contributed by atoms with Crippen molar-refractivity contribution in [3.63, 3.8) is 0 Å². The van der Waals surface area contributed by atoms with Crippen molar-refractivity contribution < 1.29 is 9.59 Å². The number of carbonyl (C=O) groups is 2. The van der Waals surface area contributed by atoms with Crippen LogP contribution in [0.2, 0.25) is 4.34 Å². The molecule has 1 saturated heterocycles. The van der Waals surface area contributed by atoms with Gasteiger partial charge < -0.3 is 10.2 Å². The van der Waals surface area contributed by atoms with Gasteiger partial charge >= 0.3 is 0 Å². The minimum atomic E-state index is -0.424. The molecule has 6 heteroatoms. The molecule has 98 valence electrons. The Bertz CT molecular complexity index is 461. The fourth-order valence-electron chi connectivity index (χ4n) is 1.95. The largest absolute Gasteiger partial charge is 0.345 e. The van der Waals surface area contributed by atoms with Crippen molar-refractivity contribution in [2.75, 3.05) is 13.1 Å². The van der Waals surface area contributed by atoms with Gasteiger partial charge in [-0.3, -0.25) is 9.59 Å². The number of nitrogens with one attached hydrogen (secondary N) is 1. The first-order valence-corrected chi connectivity index (χ1v) is 7.08. The van der Waals surface area contributed by atoms with Crippen molar-refractivity contribution in [3.8, 4) is 0 Å². The van der Waals surface area contributed by atoms with Gasteiger partial charge in [-0.05, 0) is 25.5 Å². The quantitative estimate of drug-likeness (QED) is 0.919. The normalized spacial score (nSPS) is 20.8. The molecule has 0 aromatic carbocycles. The van der Waals surface area contributed by atoms with Crippen molar-refractivity contribution in [2.45, 2.75) is 25.8 Å². The van der Waals surface area contributed by atoms with Crippen LogP contribution in [0, 0.1) is 0 Å². The fourth-order valence-corrected chi connectivity index (χ4v) is 3.03. The van der Waals surface area contributed by atoms with E-state index in [4.69, 9.17) is 11.6 Å². The van der Waals surface area contributed by atoms with Gasteiger partial charge in [-0.25, -0.2) is 0 Å². The predicted molar refractivity (Wildman–Crippen MR) is 71.8 cm³/mol. The molecule has 0 saturated carbocycles. The van der Waals surface area contributed by atoms with E-state index in [0.717, 1.165) is 15.6 Å². The van der Waals surface area contributed by atoms with Crippen LogP contribution in [0.15, 0.2) is 12.1 Å². The highest BCUT2D eigenvalue weighted by molar-refractivity contribution is 7.16. The van der Waals surface area contributed by atoms with Gasteiger partial charge in [0.05, 0.1) is 4.34 Å². The maximum Gasteiger partial charge on any atom is 0.244 e. The lowest BCUT2D eigenvalue weighted by atomic mass is 10.2. The Labute approximate surface area is 115 Å². The van der Waals surface area contributed by atoms with Gasteiger partial charge in [0.2, 0.25) is 11.8 Å². The SMILES string of the molecule is CC1NC(=O)CCN(CCc2ccc(Cl)s2)C1=O. The van der Waals surface area contributed by atoms with Crippen LogP contribution >= 0.6 is 22.9 Å². The van der Waals surface area contributed by atoms with Crippen LogP contribution in [0.3, 0.4) is 0 Å². The number of carbonyl (C=O) groups excluding carboxylic acids is 2. The lowest BCUT2D eigenvalue weighted by Gasteiger charge is -2.21. The summed E-state index contributed by atoms with van der Waals surface area (Å²) in [5.74, 6) is -0.0685. The Morgan fingerprint density at radius 3 is 2.94 bits per heavy atom. The lowest BCUT2D eigenvalue weighted by Crippen LogP contribution is -2.43. The third-order valence-corrected chi connectivity index (χ3v) is 4.22. The van der Waals surface area contributed by atoms with Crippen molar-refractivity contribution in [1.82, 2.24) is 10.2 Å². The van der Waals surface area contributed by atoms with Crippen LogP contribution in [-0.2, 0) is 16.0 Å². The monoisotopic (exact) mass is 286 g/mol. The van der Waals surface area contributed by atoms with Gasteiger partial charge in [-0.15, -0.1) is 11.3 Å². The van der Waals surface area contributed by atoms with Crippen LogP contribution in [0.4, 0.5) is 0 Å². The molecule has 2 rings (SSSR count). The summed E-state index contributed by atoms with van der Waals surface area (Å²) in [5, 5.41) is 2.68. The molecule has 1 atom stereocenters. The molecule has 0 aliphatic carbocycles. The van der Waals surface area contributed by atoms with E-state index < -0.39 is 6.04 Å². The summed E-state index contributed by atoms with van der Waals surface area (Å²) < 4.78 is 0.761. The van der Waals surface area contributed by atoms with Gasteiger partial charge in [-0.2, -0.15) is 0 Å². The molecule has 1 unspecified atom stereocenters. The van der Waals surface area contributed by atoms with Crippen molar-refractivity contribution in [3.05, 3.63) is 21.3 Å². The van der Waals surface area contributed by atoms with E-state index in [1.807, 2.05) is 12.1 Å². The van der Waals surface area contributed by atoms with Crippen LogP contribution in [-0.4, -0.2) is 35.8 Å². The molecule has 0 radical (unpaired) electrons. The Morgan fingerprint density at radius 2 is 2.28 bits per heavy atom. The molecule has 1 fully saturated rings. The first-order valence-electron chi connectivity index (χ1n) is 5.88. The zero-order chi connectivity index (χ0) is 13.1. The maximum absolute atomic E-state index is 12.0. The summed E-state index contributed by atoms with van der Waals surface area (Å²) in [6.07, 6.45) is 1.16. The van der Waals surface area contributed by atoms with Crippen LogP contribution in [0.1, 0.15) is 18.2 Å². The lowest BCUT2D eigenvalue weighted by molar-refractivity contribution is -0.133. The highest BCUT2D eigenvalue weighted by atomic mass is 35.5. The summed E-state index contributed by atoms with van der Waals surface area (Å²) >= 11 is 7.39. The van der Waals surface area contributed by atoms with E-state index in [-0.39, 0.29) is 11.8 Å². The molecule has 0 spiro atoms. The Hall–Kier alpha value is -1.07. The molecule has 2 heterocycles. The Kier molecular flexibility index (Phi) is 4.24. The molecule has 1 aromatic rings. The van der Waals surface area contributed by atoms with Gasteiger partial charge in [-0.1, -0.05) is 11.6 Å². The molecule has 1 N–H and O–H groups in total. The van der Waals surface area contributed by atoms with E-state index in [2.05, 4.69) is 5.32 Å². The molecular weight excluding hydrogens is 272 g/mol. The fraction of sp³-hybridized carbons (Fsp3) is 0.500. The van der Waals surface area contributed by atoms with Crippen LogP contribution < -0.4 is 5.32 Å².